The average Bonchev–Trinajstić information content (AvgIpc) is 2.27. The highest BCUT2D eigenvalue weighted by atomic mass is 14.8. The van der Waals surface area contributed by atoms with Crippen molar-refractivity contribution in [2.24, 2.45) is 4.99 Å². The minimum atomic E-state index is 1.03. The van der Waals surface area contributed by atoms with E-state index in [1.807, 2.05) is 26.2 Å². The van der Waals surface area contributed by atoms with Crippen LogP contribution in [0.3, 0.4) is 0 Å². The molecule has 0 aromatic carbocycles. The van der Waals surface area contributed by atoms with Gasteiger partial charge in [0.25, 0.3) is 0 Å². The first-order chi connectivity index (χ1) is 7.54. The fraction of sp³-hybridized carbons (Fsp3) is 0.429. The van der Waals surface area contributed by atoms with Crippen LogP contribution in [0.2, 0.25) is 0 Å². The van der Waals surface area contributed by atoms with E-state index in [-0.39, 0.29) is 0 Å². The maximum absolute atomic E-state index is 4.62. The summed E-state index contributed by atoms with van der Waals surface area (Å²) in [7, 11) is 0. The third-order valence-corrected chi connectivity index (χ3v) is 2.78. The summed E-state index contributed by atoms with van der Waals surface area (Å²) in [5.74, 6) is 0. The molecule has 1 heterocycles. The van der Waals surface area contributed by atoms with Crippen LogP contribution in [0.15, 0.2) is 34.7 Å². The Labute approximate surface area is 98.1 Å². The van der Waals surface area contributed by atoms with Gasteiger partial charge in [-0.25, -0.2) is 0 Å². The zero-order chi connectivity index (χ0) is 12.1. The van der Waals surface area contributed by atoms with Crippen LogP contribution in [-0.4, -0.2) is 10.7 Å². The first kappa shape index (κ1) is 12.6. The summed E-state index contributed by atoms with van der Waals surface area (Å²) in [6, 6.07) is 2.11. The number of allylic oxidation sites excluding steroid dienone is 2. The highest BCUT2D eigenvalue weighted by molar-refractivity contribution is 5.99. The third kappa shape index (κ3) is 3.30. The van der Waals surface area contributed by atoms with Gasteiger partial charge in [0.1, 0.15) is 0 Å². The van der Waals surface area contributed by atoms with E-state index in [4.69, 9.17) is 0 Å². The van der Waals surface area contributed by atoms with Crippen molar-refractivity contribution in [3.63, 3.8) is 0 Å². The van der Waals surface area contributed by atoms with Gasteiger partial charge >= 0.3 is 0 Å². The third-order valence-electron chi connectivity index (χ3n) is 2.78. The summed E-state index contributed by atoms with van der Waals surface area (Å²) >= 11 is 0. The Morgan fingerprint density at radius 1 is 1.25 bits per heavy atom. The Hall–Kier alpha value is -1.44. The summed E-state index contributed by atoms with van der Waals surface area (Å²) in [5.41, 5.74) is 5.74. The standard InChI is InChI=1S/C14H20N2/c1-6-11(3)12(4)16-13(5)14-7-10(2)8-15-9-14/h7-9H,6H2,1-5H3/b12-11-,16-13?. The Morgan fingerprint density at radius 3 is 2.50 bits per heavy atom. The van der Waals surface area contributed by atoms with E-state index in [0.29, 0.717) is 0 Å². The van der Waals surface area contributed by atoms with Crippen molar-refractivity contribution in [3.05, 3.63) is 40.9 Å². The molecule has 1 aromatic rings. The molecule has 2 heteroatoms. The molecule has 2 nitrogen and oxygen atoms in total. The summed E-state index contributed by atoms with van der Waals surface area (Å²) in [6.45, 7) is 10.4. The predicted octanol–water partition coefficient (Wildman–Crippen LogP) is 3.90. The first-order valence-electron chi connectivity index (χ1n) is 5.68. The van der Waals surface area contributed by atoms with Crippen LogP contribution in [0, 0.1) is 6.92 Å². The predicted molar refractivity (Wildman–Crippen MR) is 69.9 cm³/mol. The minimum absolute atomic E-state index is 1.03. The normalized spacial score (nSPS) is 13.7. The first-order valence-corrected chi connectivity index (χ1v) is 5.68. The van der Waals surface area contributed by atoms with E-state index in [1.54, 1.807) is 0 Å². The van der Waals surface area contributed by atoms with Crippen molar-refractivity contribution in [1.82, 2.24) is 4.98 Å². The highest BCUT2D eigenvalue weighted by Gasteiger charge is 1.99. The van der Waals surface area contributed by atoms with Crippen LogP contribution >= 0.6 is 0 Å². The molecule has 0 atom stereocenters. The Kier molecular flexibility index (Phi) is 4.41. The van der Waals surface area contributed by atoms with E-state index < -0.39 is 0 Å². The van der Waals surface area contributed by atoms with Crippen LogP contribution in [0.4, 0.5) is 0 Å². The average molecular weight is 216 g/mol. The number of aliphatic imine (C=N–C) groups is 1. The van der Waals surface area contributed by atoms with Gasteiger partial charge in [-0.3, -0.25) is 9.98 Å². The molecule has 0 aliphatic rings. The molecular formula is C14H20N2. The number of nitrogens with zero attached hydrogens (tertiary/aromatic N) is 2. The fourth-order valence-corrected chi connectivity index (χ4v) is 1.42. The van der Waals surface area contributed by atoms with Crippen molar-refractivity contribution in [3.8, 4) is 0 Å². The molecule has 0 unspecified atom stereocenters. The second kappa shape index (κ2) is 5.59. The fourth-order valence-electron chi connectivity index (χ4n) is 1.42. The monoisotopic (exact) mass is 216 g/mol. The molecule has 86 valence electrons. The molecule has 1 rings (SSSR count). The van der Waals surface area contributed by atoms with E-state index in [0.717, 1.165) is 23.4 Å². The van der Waals surface area contributed by atoms with Gasteiger partial charge in [-0.05, 0) is 45.7 Å². The molecule has 0 radical (unpaired) electrons. The van der Waals surface area contributed by atoms with Gasteiger partial charge in [0.2, 0.25) is 0 Å². The summed E-state index contributed by atoms with van der Waals surface area (Å²) < 4.78 is 0. The van der Waals surface area contributed by atoms with Gasteiger partial charge < -0.3 is 0 Å². The molecule has 0 saturated carbocycles. The molecule has 0 fully saturated rings. The Balaban J connectivity index is 3.03. The van der Waals surface area contributed by atoms with Gasteiger partial charge in [0.05, 0.1) is 0 Å². The Bertz CT molecular complexity index is 428. The van der Waals surface area contributed by atoms with Gasteiger partial charge in [0.15, 0.2) is 0 Å². The summed E-state index contributed by atoms with van der Waals surface area (Å²) in [4.78, 5) is 8.80. The molecule has 0 saturated heterocycles. The quantitative estimate of drug-likeness (QED) is 0.703. The second-order valence-corrected chi connectivity index (χ2v) is 4.17. The molecular weight excluding hydrogens is 196 g/mol. The highest BCUT2D eigenvalue weighted by Crippen LogP contribution is 2.11. The van der Waals surface area contributed by atoms with Crippen LogP contribution in [0.5, 0.6) is 0 Å². The summed E-state index contributed by atoms with van der Waals surface area (Å²) in [5, 5.41) is 0. The maximum Gasteiger partial charge on any atom is 0.0463 e. The number of rotatable bonds is 3. The molecule has 0 amide bonds. The molecule has 0 aliphatic carbocycles. The lowest BCUT2D eigenvalue weighted by atomic mass is 10.1. The van der Waals surface area contributed by atoms with Crippen LogP contribution < -0.4 is 0 Å². The largest absolute Gasteiger partial charge is 0.264 e. The summed E-state index contributed by atoms with van der Waals surface area (Å²) in [6.07, 6.45) is 4.77. The van der Waals surface area contributed by atoms with E-state index in [9.17, 15) is 0 Å². The minimum Gasteiger partial charge on any atom is -0.264 e. The molecule has 16 heavy (non-hydrogen) atoms. The SMILES string of the molecule is CC/C(C)=C(/C)N=C(C)c1cncc(C)c1. The zero-order valence-electron chi connectivity index (χ0n) is 10.8. The van der Waals surface area contributed by atoms with Crippen molar-refractivity contribution in [1.29, 1.82) is 0 Å². The van der Waals surface area contributed by atoms with E-state index >= 15 is 0 Å². The molecule has 0 aliphatic heterocycles. The molecule has 0 N–H and O–H groups in total. The van der Waals surface area contributed by atoms with Crippen LogP contribution in [-0.2, 0) is 0 Å². The topological polar surface area (TPSA) is 25.2 Å². The van der Waals surface area contributed by atoms with Crippen molar-refractivity contribution < 1.29 is 0 Å². The lowest BCUT2D eigenvalue weighted by Gasteiger charge is -2.04. The van der Waals surface area contributed by atoms with E-state index in [2.05, 4.69) is 36.8 Å². The number of hydrogen-bond donors (Lipinski definition) is 0. The van der Waals surface area contributed by atoms with Crippen LogP contribution in [0.25, 0.3) is 0 Å². The molecule has 1 aromatic heterocycles. The second-order valence-electron chi connectivity index (χ2n) is 4.17. The van der Waals surface area contributed by atoms with Crippen LogP contribution in [0.1, 0.15) is 45.2 Å². The smallest absolute Gasteiger partial charge is 0.0463 e. The number of aryl methyl sites for hydroxylation is 1. The zero-order valence-corrected chi connectivity index (χ0v) is 10.8. The van der Waals surface area contributed by atoms with E-state index in [1.165, 1.54) is 11.1 Å². The van der Waals surface area contributed by atoms with Gasteiger partial charge in [-0.1, -0.05) is 12.5 Å². The van der Waals surface area contributed by atoms with Gasteiger partial charge in [-0.2, -0.15) is 0 Å². The Morgan fingerprint density at radius 2 is 1.94 bits per heavy atom. The van der Waals surface area contributed by atoms with Crippen molar-refractivity contribution in [2.45, 2.75) is 41.0 Å². The van der Waals surface area contributed by atoms with Gasteiger partial charge in [0, 0.05) is 29.4 Å². The number of aromatic nitrogens is 1. The van der Waals surface area contributed by atoms with Gasteiger partial charge in [-0.15, -0.1) is 0 Å². The lowest BCUT2D eigenvalue weighted by Crippen LogP contribution is -1.97. The lowest BCUT2D eigenvalue weighted by molar-refractivity contribution is 1.04. The molecule has 0 spiro atoms. The molecule has 0 bridgehead atoms. The number of pyridine rings is 1. The maximum atomic E-state index is 4.62. The van der Waals surface area contributed by atoms with Crippen molar-refractivity contribution >= 4 is 5.71 Å². The van der Waals surface area contributed by atoms with Crippen molar-refractivity contribution in [2.75, 3.05) is 0 Å². The number of hydrogen-bond acceptors (Lipinski definition) is 2.